The van der Waals surface area contributed by atoms with E-state index in [-0.39, 0.29) is 6.61 Å². The lowest BCUT2D eigenvalue weighted by Crippen LogP contribution is -2.21. The number of halogens is 3. The first-order chi connectivity index (χ1) is 16.2. The van der Waals surface area contributed by atoms with Crippen LogP contribution in [0, 0.1) is 0 Å². The average Bonchev–Trinajstić information content (AvgIpc) is 2.78. The van der Waals surface area contributed by atoms with Gasteiger partial charge in [0.25, 0.3) is 0 Å². The SMILES string of the molecule is C=C(Nc1ccc(NC(=O)OCC(Cl)(Cl)Cl)cc1)c1c(N=CC)cc(OCCOC)cc1OC. The fraction of sp³-hybridized carbons (Fsp3) is 0.304. The fourth-order valence-electron chi connectivity index (χ4n) is 2.78. The van der Waals surface area contributed by atoms with Gasteiger partial charge in [-0.05, 0) is 31.2 Å². The highest BCUT2D eigenvalue weighted by molar-refractivity contribution is 6.67. The summed E-state index contributed by atoms with van der Waals surface area (Å²) in [6.07, 6.45) is 0.934. The van der Waals surface area contributed by atoms with Gasteiger partial charge in [0.2, 0.25) is 3.79 Å². The van der Waals surface area contributed by atoms with Crippen LogP contribution in [0.5, 0.6) is 11.5 Å². The van der Waals surface area contributed by atoms with Crippen LogP contribution in [0.2, 0.25) is 0 Å². The summed E-state index contributed by atoms with van der Waals surface area (Å²) in [5, 5.41) is 5.77. The smallest absolute Gasteiger partial charge is 0.411 e. The van der Waals surface area contributed by atoms with E-state index in [1.165, 1.54) is 0 Å². The predicted octanol–water partition coefficient (Wildman–Crippen LogP) is 6.44. The average molecular weight is 531 g/mol. The summed E-state index contributed by atoms with van der Waals surface area (Å²) in [4.78, 5) is 16.2. The van der Waals surface area contributed by atoms with Crippen LogP contribution in [0.1, 0.15) is 12.5 Å². The predicted molar refractivity (Wildman–Crippen MR) is 139 cm³/mol. The Morgan fingerprint density at radius 2 is 1.74 bits per heavy atom. The number of ether oxygens (including phenoxy) is 4. The number of alkyl halides is 3. The minimum Gasteiger partial charge on any atom is -0.496 e. The molecule has 11 heteroatoms. The van der Waals surface area contributed by atoms with E-state index in [2.05, 4.69) is 22.2 Å². The zero-order valence-electron chi connectivity index (χ0n) is 19.0. The number of carbonyl (C=O) groups excluding carboxylic acids is 1. The zero-order chi connectivity index (χ0) is 25.1. The van der Waals surface area contributed by atoms with Crippen molar-refractivity contribution >= 4 is 69.9 Å². The molecule has 0 atom stereocenters. The Hall–Kier alpha value is -2.65. The molecule has 2 aromatic rings. The number of amides is 1. The van der Waals surface area contributed by atoms with Crippen LogP contribution in [0.4, 0.5) is 21.9 Å². The maximum Gasteiger partial charge on any atom is 0.411 e. The Labute approximate surface area is 213 Å². The van der Waals surface area contributed by atoms with E-state index in [0.29, 0.717) is 47.3 Å². The normalized spacial score (nSPS) is 11.2. The van der Waals surface area contributed by atoms with E-state index < -0.39 is 9.89 Å². The summed E-state index contributed by atoms with van der Waals surface area (Å²) in [6.45, 7) is 6.44. The van der Waals surface area contributed by atoms with Gasteiger partial charge in [0, 0.05) is 42.5 Å². The molecule has 184 valence electrons. The summed E-state index contributed by atoms with van der Waals surface area (Å²) in [6, 6.07) is 10.4. The Morgan fingerprint density at radius 1 is 1.09 bits per heavy atom. The molecule has 0 aliphatic rings. The van der Waals surface area contributed by atoms with E-state index in [9.17, 15) is 4.79 Å². The number of benzene rings is 2. The Balaban J connectivity index is 2.14. The number of hydrogen-bond acceptors (Lipinski definition) is 7. The Bertz CT molecular complexity index is 1010. The summed E-state index contributed by atoms with van der Waals surface area (Å²) >= 11 is 16.7. The van der Waals surface area contributed by atoms with Gasteiger partial charge in [0.1, 0.15) is 24.7 Å². The number of methoxy groups -OCH3 is 2. The summed E-state index contributed by atoms with van der Waals surface area (Å²) in [5.74, 6) is 1.14. The van der Waals surface area contributed by atoms with Crippen molar-refractivity contribution < 1.29 is 23.7 Å². The third kappa shape index (κ3) is 8.95. The molecule has 34 heavy (non-hydrogen) atoms. The highest BCUT2D eigenvalue weighted by Crippen LogP contribution is 2.39. The molecule has 0 saturated heterocycles. The second kappa shape index (κ2) is 13.3. The van der Waals surface area contributed by atoms with Crippen molar-refractivity contribution in [2.75, 3.05) is 44.7 Å². The standard InChI is InChI=1S/C23H26Cl3N3O5/c1-5-27-19-12-18(33-11-10-31-3)13-20(32-4)21(19)15(2)28-16-6-8-17(9-7-16)29-22(30)34-14-23(24,25)26/h5-9,12-13,28H,2,10-11,14H2,1,3-4H3,(H,29,30). The molecule has 0 saturated carbocycles. The van der Waals surface area contributed by atoms with Gasteiger partial charge in [0.15, 0.2) is 0 Å². The molecule has 0 aliphatic heterocycles. The molecule has 0 aromatic heterocycles. The Morgan fingerprint density at radius 3 is 2.29 bits per heavy atom. The van der Waals surface area contributed by atoms with Crippen LogP contribution in [-0.2, 0) is 9.47 Å². The van der Waals surface area contributed by atoms with Gasteiger partial charge in [0.05, 0.1) is 25.0 Å². The van der Waals surface area contributed by atoms with Crippen molar-refractivity contribution in [2.24, 2.45) is 4.99 Å². The van der Waals surface area contributed by atoms with Crippen molar-refractivity contribution in [3.63, 3.8) is 0 Å². The molecule has 2 N–H and O–H groups in total. The topological polar surface area (TPSA) is 90.4 Å². The molecule has 8 nitrogen and oxygen atoms in total. The van der Waals surface area contributed by atoms with E-state index >= 15 is 0 Å². The molecule has 1 amide bonds. The van der Waals surface area contributed by atoms with Crippen LogP contribution in [0.3, 0.4) is 0 Å². The van der Waals surface area contributed by atoms with E-state index in [4.69, 9.17) is 53.8 Å². The molecule has 0 spiro atoms. The maximum atomic E-state index is 11.8. The highest BCUT2D eigenvalue weighted by Gasteiger charge is 2.22. The first kappa shape index (κ1) is 27.6. The van der Waals surface area contributed by atoms with Crippen molar-refractivity contribution in [1.82, 2.24) is 0 Å². The van der Waals surface area contributed by atoms with Crippen LogP contribution < -0.4 is 20.1 Å². The molecule has 0 aliphatic carbocycles. The molecule has 2 aromatic carbocycles. The molecule has 0 fully saturated rings. The number of anilines is 2. The van der Waals surface area contributed by atoms with Crippen LogP contribution >= 0.6 is 34.8 Å². The quantitative estimate of drug-likeness (QED) is 0.197. The van der Waals surface area contributed by atoms with E-state index in [1.54, 1.807) is 56.8 Å². The molecular formula is C23H26Cl3N3O5. The van der Waals surface area contributed by atoms with Gasteiger partial charge < -0.3 is 24.3 Å². The Kier molecular flexibility index (Phi) is 10.8. The number of aliphatic imine (C=N–C) groups is 1. The van der Waals surface area contributed by atoms with Gasteiger partial charge in [-0.2, -0.15) is 0 Å². The lowest BCUT2D eigenvalue weighted by Gasteiger charge is -2.18. The minimum absolute atomic E-state index is 0.371. The summed E-state index contributed by atoms with van der Waals surface area (Å²) < 4.78 is 19.5. The first-order valence-corrected chi connectivity index (χ1v) is 11.2. The van der Waals surface area contributed by atoms with E-state index in [0.717, 1.165) is 5.69 Å². The van der Waals surface area contributed by atoms with Crippen LogP contribution in [0.15, 0.2) is 48.0 Å². The van der Waals surface area contributed by atoms with Gasteiger partial charge in [-0.1, -0.05) is 41.4 Å². The molecule has 0 unspecified atom stereocenters. The summed E-state index contributed by atoms with van der Waals surface area (Å²) in [5.41, 5.74) is 3.08. The molecule has 0 radical (unpaired) electrons. The first-order valence-electron chi connectivity index (χ1n) is 10.1. The second-order valence-corrected chi connectivity index (χ2v) is 9.26. The number of hydrogen-bond donors (Lipinski definition) is 2. The number of nitrogens with one attached hydrogen (secondary N) is 2. The highest BCUT2D eigenvalue weighted by atomic mass is 35.6. The van der Waals surface area contributed by atoms with Gasteiger partial charge in [-0.3, -0.25) is 10.3 Å². The minimum atomic E-state index is -1.68. The number of carbonyl (C=O) groups is 1. The van der Waals surface area contributed by atoms with Gasteiger partial charge in [-0.25, -0.2) is 4.79 Å². The second-order valence-electron chi connectivity index (χ2n) is 6.75. The third-order valence-electron chi connectivity index (χ3n) is 4.19. The fourth-order valence-corrected chi connectivity index (χ4v) is 2.95. The van der Waals surface area contributed by atoms with Crippen LogP contribution in [-0.4, -0.2) is 50.1 Å². The monoisotopic (exact) mass is 529 g/mol. The zero-order valence-corrected chi connectivity index (χ0v) is 21.3. The molecule has 0 bridgehead atoms. The van der Waals surface area contributed by atoms with Crippen molar-refractivity contribution in [3.8, 4) is 11.5 Å². The lowest BCUT2D eigenvalue weighted by molar-refractivity contribution is 0.146. The number of nitrogens with zero attached hydrogens (tertiary/aromatic N) is 1. The lowest BCUT2D eigenvalue weighted by atomic mass is 10.1. The van der Waals surface area contributed by atoms with Crippen molar-refractivity contribution in [2.45, 2.75) is 10.7 Å². The van der Waals surface area contributed by atoms with Crippen molar-refractivity contribution in [1.29, 1.82) is 0 Å². The third-order valence-corrected chi connectivity index (χ3v) is 4.52. The molecular weight excluding hydrogens is 505 g/mol. The van der Waals surface area contributed by atoms with Gasteiger partial charge in [-0.15, -0.1) is 0 Å². The molecule has 0 heterocycles. The summed E-state index contributed by atoms with van der Waals surface area (Å²) in [7, 11) is 3.17. The van der Waals surface area contributed by atoms with Crippen LogP contribution in [0.25, 0.3) is 5.70 Å². The van der Waals surface area contributed by atoms with Crippen molar-refractivity contribution in [3.05, 3.63) is 48.5 Å². The number of rotatable bonds is 11. The maximum absolute atomic E-state index is 11.8. The molecule has 2 rings (SSSR count). The van der Waals surface area contributed by atoms with E-state index in [1.807, 2.05) is 6.92 Å². The largest absolute Gasteiger partial charge is 0.496 e. The van der Waals surface area contributed by atoms with Gasteiger partial charge >= 0.3 is 6.09 Å².